The Morgan fingerprint density at radius 1 is 0.204 bits per heavy atom. The maximum atomic E-state index is 18.6. The van der Waals surface area contributed by atoms with E-state index in [-0.39, 0.29) is 6.71 Å². The monoisotopic (exact) mass is 1810 g/mol. The number of fused-ring (bicyclic) bond motifs is 24. The second-order valence-corrected chi connectivity index (χ2v) is 44.2. The zero-order valence-corrected chi connectivity index (χ0v) is 75.9. The average Bonchev–Trinajstić information content (AvgIpc) is 1.66. The number of ether oxygens (including phenoxy) is 2. The molecule has 20 aromatic carbocycles. The van der Waals surface area contributed by atoms with Crippen molar-refractivity contribution in [3.05, 3.63) is 449 Å². The van der Waals surface area contributed by atoms with E-state index in [1.165, 1.54) is 0 Å². The largest absolute Gasteiger partial charge is 0.455 e. The summed E-state index contributed by atoms with van der Waals surface area (Å²) in [6.07, 6.45) is 0. The molecule has 137 heavy (non-hydrogen) atoms. The van der Waals surface area contributed by atoms with Crippen LogP contribution in [0, 0.1) is 0 Å². The fraction of sp³-hybridized carbons (Fsp3) is 0. The lowest BCUT2D eigenvalue weighted by Gasteiger charge is -2.47. The van der Waals surface area contributed by atoms with E-state index >= 15 is 13.7 Å². The lowest BCUT2D eigenvalue weighted by Crippen LogP contribution is -2.62. The number of hydrogen-bond donors (Lipinski definition) is 0. The number of aromatic nitrogens is 2. The van der Waals surface area contributed by atoms with Gasteiger partial charge in [0.25, 0.3) is 6.71 Å². The van der Waals surface area contributed by atoms with Crippen molar-refractivity contribution in [3.63, 3.8) is 0 Å². The van der Waals surface area contributed by atoms with Crippen LogP contribution in [0.2, 0.25) is 0 Å². The van der Waals surface area contributed by atoms with Crippen LogP contribution in [0.3, 0.4) is 0 Å². The third-order valence-electron chi connectivity index (χ3n) is 29.4. The van der Waals surface area contributed by atoms with Crippen molar-refractivity contribution in [1.29, 1.82) is 0 Å². The number of para-hydroxylation sites is 12. The maximum Gasteiger partial charge on any atom is 0.252 e. The smallest absolute Gasteiger partial charge is 0.252 e. The Labute approximate surface area is 788 Å². The van der Waals surface area contributed by atoms with Gasteiger partial charge in [0, 0.05) is 129 Å². The lowest BCUT2D eigenvalue weighted by molar-refractivity contribution is 0.464. The van der Waals surface area contributed by atoms with E-state index in [0.29, 0.717) is 54.8 Å². The second-order valence-electron chi connectivity index (χ2n) is 36.3. The van der Waals surface area contributed by atoms with Gasteiger partial charge < -0.3 is 61.7 Å². The molecule has 17 heteroatoms. The molecule has 10 heterocycles. The molecule has 0 amide bonds. The van der Waals surface area contributed by atoms with Gasteiger partial charge in [-0.25, -0.2) is 0 Å². The molecule has 13 nitrogen and oxygen atoms in total. The van der Waals surface area contributed by atoms with Crippen molar-refractivity contribution in [3.8, 4) is 45.5 Å². The first kappa shape index (κ1) is 76.7. The van der Waals surface area contributed by atoms with E-state index in [2.05, 4.69) is 396 Å². The molecule has 8 aliphatic rings. The number of benzene rings is 20. The molecule has 0 saturated carbocycles. The summed E-state index contributed by atoms with van der Waals surface area (Å²) in [5, 5.41) is 9.56. The lowest BCUT2D eigenvalue weighted by atomic mass is 9.33. The summed E-state index contributed by atoms with van der Waals surface area (Å²) in [5.74, 6) is 1.64. The second kappa shape index (κ2) is 28.4. The number of anilines is 18. The maximum absolute atomic E-state index is 18.6. The van der Waals surface area contributed by atoms with Gasteiger partial charge in [-0.05, 0) is 216 Å². The molecule has 30 rings (SSSR count). The van der Waals surface area contributed by atoms with Crippen LogP contribution in [0.5, 0.6) is 23.0 Å². The van der Waals surface area contributed by atoms with Crippen LogP contribution in [0.4, 0.5) is 102 Å². The van der Waals surface area contributed by atoms with Crippen LogP contribution in [-0.2, 0) is 13.7 Å². The molecule has 8 aliphatic heterocycles. The fourth-order valence-electron chi connectivity index (χ4n) is 24.0. The molecule has 0 fully saturated rings. The highest BCUT2D eigenvalue weighted by Gasteiger charge is 2.56. The predicted molar refractivity (Wildman–Crippen MR) is 566 cm³/mol. The molecule has 642 valence electrons. The van der Waals surface area contributed by atoms with Crippen LogP contribution < -0.4 is 103 Å². The summed E-state index contributed by atoms with van der Waals surface area (Å²) in [4.78, 5) is 14.1. The molecular weight excluding hydrogens is 1740 g/mol. The van der Waals surface area contributed by atoms with Crippen LogP contribution in [0.1, 0.15) is 0 Å². The number of nitrogens with zero attached hydrogens (tertiary/aromatic N) is 8. The zero-order chi connectivity index (χ0) is 90.0. The van der Waals surface area contributed by atoms with Crippen molar-refractivity contribution in [2.24, 2.45) is 0 Å². The van der Waals surface area contributed by atoms with E-state index in [1.54, 1.807) is 0 Å². The number of hydrogen-bond acceptors (Lipinski definition) is 11. The minimum Gasteiger partial charge on any atom is -0.455 e. The quantitative estimate of drug-likeness (QED) is 0.102. The SMILES string of the molecule is O=P12c3ccccc3N(c3ccccc3)c3cccc(c31)N(c1ccccc1)c1cc3c(cc12)B1c2ccccc2N(c2cccc(-c4ccc(-n5c6ccccc6c6c7c8c(cc65)Oc5cc6c(cc5P8(=O)c5ccccc5N7c5ccccc5)P5(=O)c7ccccc7N(c7ccccc7)c7c5c(cc5c7c7ccccc7n5-c5ccccc5)O6)cc4)c2)c2cccc(c21)N3c1ccccc1. The Hall–Kier alpha value is -16.8. The highest BCUT2D eigenvalue weighted by Crippen LogP contribution is 2.68. The minimum atomic E-state index is -4.11. The van der Waals surface area contributed by atoms with Gasteiger partial charge in [0.05, 0.1) is 94.1 Å². The molecule has 3 unspecified atom stereocenters. The van der Waals surface area contributed by atoms with Crippen molar-refractivity contribution in [2.45, 2.75) is 0 Å². The molecule has 2 aromatic heterocycles. The molecule has 0 N–H and O–H groups in total. The molecule has 0 bridgehead atoms. The Kier molecular flexibility index (Phi) is 15.9. The predicted octanol–water partition coefficient (Wildman–Crippen LogP) is 25.9. The summed E-state index contributed by atoms with van der Waals surface area (Å²) in [7, 11) is -11.9. The van der Waals surface area contributed by atoms with Crippen LogP contribution in [-0.4, -0.2) is 15.8 Å². The Balaban J connectivity index is 0.571. The first-order valence-electron chi connectivity index (χ1n) is 46.4. The van der Waals surface area contributed by atoms with Crippen molar-refractivity contribution in [2.75, 3.05) is 29.4 Å². The van der Waals surface area contributed by atoms with Gasteiger partial charge in [0.15, 0.2) is 21.4 Å². The zero-order valence-electron chi connectivity index (χ0n) is 73.3. The molecule has 22 aromatic rings. The first-order chi connectivity index (χ1) is 67.7. The Morgan fingerprint density at radius 3 is 1.07 bits per heavy atom. The summed E-state index contributed by atoms with van der Waals surface area (Å²) in [6.45, 7) is -0.289. The number of rotatable bonds is 9. The molecular formula is C120H74BN8O5P3. The molecule has 0 spiro atoms. The fourth-order valence-corrected chi connectivity index (χ4v) is 33.8. The van der Waals surface area contributed by atoms with E-state index in [1.807, 2.05) is 91.0 Å². The van der Waals surface area contributed by atoms with E-state index in [0.717, 1.165) is 201 Å². The molecule has 0 saturated heterocycles. The van der Waals surface area contributed by atoms with Crippen LogP contribution >= 0.6 is 21.4 Å². The van der Waals surface area contributed by atoms with Crippen molar-refractivity contribution < 1.29 is 23.2 Å². The third kappa shape index (κ3) is 10.3. The summed E-state index contributed by atoms with van der Waals surface area (Å²) < 4.78 is 74.6. The highest BCUT2D eigenvalue weighted by atomic mass is 31.2. The molecule has 3 atom stereocenters. The summed E-state index contributed by atoms with van der Waals surface area (Å²) in [6, 6.07) is 157. The van der Waals surface area contributed by atoms with Gasteiger partial charge >= 0.3 is 0 Å². The van der Waals surface area contributed by atoms with E-state index in [9.17, 15) is 0 Å². The Bertz CT molecular complexity index is 9220. The topological polar surface area (TPSA) is 99.0 Å². The first-order valence-corrected chi connectivity index (χ1v) is 51.5. The van der Waals surface area contributed by atoms with Gasteiger partial charge in [0.2, 0.25) is 0 Å². The van der Waals surface area contributed by atoms with E-state index < -0.39 is 21.4 Å². The van der Waals surface area contributed by atoms with Gasteiger partial charge in [-0.15, -0.1) is 0 Å². The van der Waals surface area contributed by atoms with Crippen LogP contribution in [0.25, 0.3) is 66.1 Å². The standard InChI is InChI=1S/C120H74BN8O5P3/c130-135-107-61-28-25-54-92(107)124(78-37-9-2-10-38-78)97-59-33-60-98(118(97)135)126(80-41-13-4-14-42-80)100-70-99-88(69-110(100)135)121-87-50-21-24-53-91(87)127(96-58-32-57-95(115(96)121)125(99)79-39-11-3-12-40-79)84-47-31-34-76(68-84)75-64-66-83(67-65-75)123-90-52-23-20-49-86(90)114-102(123)72-106-120-117(114)129(82-45-17-6-18-46-82)94-56-27-30-63-109(94)137(120,132)112-74-111-103(73-104(112)134-106)133-105-71-101-113(85-48-19-22-51-89(85)122(101)77-35-7-1-8-36-77)116-119(105)136(111,131)108-62-29-26-55-93(108)128(116)81-43-15-5-16-44-81/h1-74H. The van der Waals surface area contributed by atoms with Crippen LogP contribution in [0.15, 0.2) is 449 Å². The van der Waals surface area contributed by atoms with Crippen molar-refractivity contribution >= 4 is 238 Å². The highest BCUT2D eigenvalue weighted by molar-refractivity contribution is 7.88. The minimum absolute atomic E-state index is 0.289. The normalized spacial score (nSPS) is 16.9. The van der Waals surface area contributed by atoms with Gasteiger partial charge in [-0.1, -0.05) is 243 Å². The third-order valence-corrected chi connectivity index (χ3v) is 38.9. The van der Waals surface area contributed by atoms with Crippen molar-refractivity contribution in [1.82, 2.24) is 9.13 Å². The van der Waals surface area contributed by atoms with Gasteiger partial charge in [0.1, 0.15) is 23.0 Å². The Morgan fingerprint density at radius 2 is 0.569 bits per heavy atom. The summed E-state index contributed by atoms with van der Waals surface area (Å²) in [5.41, 5.74) is 27.5. The summed E-state index contributed by atoms with van der Waals surface area (Å²) >= 11 is 0. The van der Waals surface area contributed by atoms with Gasteiger partial charge in [-0.2, -0.15) is 0 Å². The van der Waals surface area contributed by atoms with Gasteiger partial charge in [-0.3, -0.25) is 0 Å². The molecule has 0 aliphatic carbocycles. The molecule has 0 radical (unpaired) electrons. The van der Waals surface area contributed by atoms with E-state index in [4.69, 9.17) is 9.47 Å². The average molecular weight is 1810 g/mol.